The Balaban J connectivity index is 1.74. The molecule has 0 saturated carbocycles. The van der Waals surface area contributed by atoms with Gasteiger partial charge in [0.25, 0.3) is 0 Å². The van der Waals surface area contributed by atoms with Crippen LogP contribution in [0.3, 0.4) is 0 Å². The molecule has 192 valence electrons. The van der Waals surface area contributed by atoms with E-state index in [4.69, 9.17) is 0 Å². The molecule has 1 atom stereocenters. The van der Waals surface area contributed by atoms with Crippen LogP contribution in [0.2, 0.25) is 0 Å². The van der Waals surface area contributed by atoms with Crippen molar-refractivity contribution in [2.75, 3.05) is 27.3 Å². The fraction of sp³-hybridized carbons (Fsp3) is 0.385. The topological polar surface area (TPSA) is 114 Å². The number of likely N-dealkylation sites (N-methyl/N-ethyl adjacent to an activating group) is 2. The van der Waals surface area contributed by atoms with Gasteiger partial charge < -0.3 is 20.2 Å². The lowest BCUT2D eigenvalue weighted by molar-refractivity contribution is -0.162. The van der Waals surface area contributed by atoms with E-state index in [0.717, 1.165) is 16.7 Å². The Labute approximate surface area is 211 Å². The predicted molar refractivity (Wildman–Crippen MR) is 133 cm³/mol. The highest BCUT2D eigenvalue weighted by Crippen LogP contribution is 2.18. The summed E-state index contributed by atoms with van der Waals surface area (Å²) in [6.07, 6.45) is -0.337. The zero-order valence-electron chi connectivity index (χ0n) is 20.9. The molecule has 1 aliphatic heterocycles. The van der Waals surface area contributed by atoms with Gasteiger partial charge in [0, 0.05) is 33.6 Å². The van der Waals surface area contributed by atoms with E-state index >= 15 is 0 Å². The summed E-state index contributed by atoms with van der Waals surface area (Å²) in [5.74, 6) is -1.79. The molecular weight excluding hydrogens is 462 g/mol. The van der Waals surface area contributed by atoms with Crippen molar-refractivity contribution >= 4 is 23.8 Å². The van der Waals surface area contributed by atoms with Crippen LogP contribution in [0.25, 0.3) is 0 Å². The molecule has 10 heteroatoms. The number of carboxylic acids is 1. The zero-order valence-corrected chi connectivity index (χ0v) is 20.9. The third kappa shape index (κ3) is 7.05. The van der Waals surface area contributed by atoms with Crippen molar-refractivity contribution in [2.24, 2.45) is 0 Å². The van der Waals surface area contributed by atoms with Gasteiger partial charge in [0.1, 0.15) is 12.7 Å². The number of amides is 4. The van der Waals surface area contributed by atoms with Crippen LogP contribution in [0.5, 0.6) is 0 Å². The summed E-state index contributed by atoms with van der Waals surface area (Å²) in [6.45, 7) is 2.31. The van der Waals surface area contributed by atoms with E-state index < -0.39 is 18.0 Å². The quantitative estimate of drug-likeness (QED) is 0.551. The molecule has 0 spiro atoms. The maximum atomic E-state index is 13.4. The molecule has 3 rings (SSSR count). The number of hydrogen-bond acceptors (Lipinski definition) is 5. The summed E-state index contributed by atoms with van der Waals surface area (Å²) in [6, 6.07) is 15.7. The molecule has 0 aliphatic carbocycles. The molecule has 1 fully saturated rings. The lowest BCUT2D eigenvalue weighted by Gasteiger charge is -2.44. The van der Waals surface area contributed by atoms with Gasteiger partial charge in [-0.1, -0.05) is 60.2 Å². The zero-order chi connectivity index (χ0) is 26.2. The molecule has 2 aromatic carbocycles. The van der Waals surface area contributed by atoms with E-state index in [1.54, 1.807) is 14.1 Å². The number of carbonyl (C=O) groups excluding carboxylic acids is 3. The Bertz CT molecular complexity index is 1080. The first kappa shape index (κ1) is 26.7. The van der Waals surface area contributed by atoms with Crippen molar-refractivity contribution in [1.82, 2.24) is 25.1 Å². The standard InChI is InChI=1S/C26H33N5O5/c1-19-9-11-21(12-10-19)16-28(2)25(35)22(13-14-24(33)34)30-18-31(29(3)17-23(30)32)26(36)27-15-20-7-5-4-6-8-20/h4-12,22H,13-18H2,1-3H3,(H,27,36)(H,33,34). The first-order valence-corrected chi connectivity index (χ1v) is 11.8. The van der Waals surface area contributed by atoms with Crippen molar-refractivity contribution in [1.29, 1.82) is 0 Å². The fourth-order valence-corrected chi connectivity index (χ4v) is 4.03. The van der Waals surface area contributed by atoms with Gasteiger partial charge >= 0.3 is 12.0 Å². The SMILES string of the molecule is Cc1ccc(CN(C)C(=O)C(CCC(=O)O)N2CN(C(=O)NCc3ccccc3)N(C)CC2=O)cc1. The molecule has 1 aliphatic rings. The number of hydrogen-bond donors (Lipinski definition) is 2. The lowest BCUT2D eigenvalue weighted by Crippen LogP contribution is -2.65. The van der Waals surface area contributed by atoms with Gasteiger partial charge in [-0.05, 0) is 24.5 Å². The number of rotatable bonds is 9. The predicted octanol–water partition coefficient (Wildman–Crippen LogP) is 2.05. The number of carbonyl (C=O) groups is 4. The maximum Gasteiger partial charge on any atom is 0.333 e. The van der Waals surface area contributed by atoms with E-state index in [1.165, 1.54) is 19.8 Å². The van der Waals surface area contributed by atoms with Crippen molar-refractivity contribution < 1.29 is 24.3 Å². The second kappa shape index (κ2) is 12.2. The van der Waals surface area contributed by atoms with Crippen molar-refractivity contribution in [3.8, 4) is 0 Å². The molecule has 2 aromatic rings. The first-order valence-electron chi connectivity index (χ1n) is 11.8. The van der Waals surface area contributed by atoms with Crippen molar-refractivity contribution in [2.45, 2.75) is 38.9 Å². The average Bonchev–Trinajstić information content (AvgIpc) is 2.85. The van der Waals surface area contributed by atoms with Gasteiger partial charge in [0.2, 0.25) is 11.8 Å². The summed E-state index contributed by atoms with van der Waals surface area (Å²) in [5.41, 5.74) is 2.94. The van der Waals surface area contributed by atoms with Crippen LogP contribution in [0.1, 0.15) is 29.5 Å². The number of urea groups is 1. The summed E-state index contributed by atoms with van der Waals surface area (Å²) < 4.78 is 0. The number of aryl methyl sites for hydroxylation is 1. The molecule has 2 N–H and O–H groups in total. The number of nitrogens with zero attached hydrogens (tertiary/aromatic N) is 4. The summed E-state index contributed by atoms with van der Waals surface area (Å²) >= 11 is 0. The van der Waals surface area contributed by atoms with Crippen LogP contribution < -0.4 is 5.32 Å². The van der Waals surface area contributed by atoms with Gasteiger partial charge in [0.15, 0.2) is 0 Å². The average molecular weight is 496 g/mol. The molecule has 1 saturated heterocycles. The molecular formula is C26H33N5O5. The normalized spacial score (nSPS) is 14.9. The molecule has 0 bridgehead atoms. The van der Waals surface area contributed by atoms with E-state index in [0.29, 0.717) is 13.1 Å². The maximum absolute atomic E-state index is 13.4. The summed E-state index contributed by atoms with van der Waals surface area (Å²) in [7, 11) is 3.25. The van der Waals surface area contributed by atoms with Gasteiger partial charge in [-0.2, -0.15) is 0 Å². The minimum Gasteiger partial charge on any atom is -0.481 e. The minimum atomic E-state index is -1.06. The molecule has 36 heavy (non-hydrogen) atoms. The largest absolute Gasteiger partial charge is 0.481 e. The monoisotopic (exact) mass is 495 g/mol. The Morgan fingerprint density at radius 3 is 2.36 bits per heavy atom. The highest BCUT2D eigenvalue weighted by molar-refractivity contribution is 5.89. The van der Waals surface area contributed by atoms with Gasteiger partial charge in [-0.15, -0.1) is 0 Å². The summed E-state index contributed by atoms with van der Waals surface area (Å²) in [5, 5.41) is 14.9. The van der Waals surface area contributed by atoms with Crippen molar-refractivity contribution in [3.05, 3.63) is 71.3 Å². The Hall–Kier alpha value is -3.92. The van der Waals surface area contributed by atoms with Crippen LogP contribution in [0, 0.1) is 6.92 Å². The van der Waals surface area contributed by atoms with Crippen molar-refractivity contribution in [3.63, 3.8) is 0 Å². The van der Waals surface area contributed by atoms with E-state index in [-0.39, 0.29) is 37.9 Å². The number of aliphatic carboxylic acids is 1. The summed E-state index contributed by atoms with van der Waals surface area (Å²) in [4.78, 5) is 53.5. The number of carboxylic acid groups (broad SMARTS) is 1. The fourth-order valence-electron chi connectivity index (χ4n) is 4.03. The molecule has 4 amide bonds. The second-order valence-electron chi connectivity index (χ2n) is 8.99. The Morgan fingerprint density at radius 1 is 1.06 bits per heavy atom. The lowest BCUT2D eigenvalue weighted by atomic mass is 10.1. The number of benzene rings is 2. The van der Waals surface area contributed by atoms with E-state index in [1.807, 2.05) is 61.5 Å². The Kier molecular flexibility index (Phi) is 9.02. The van der Waals surface area contributed by atoms with Gasteiger partial charge in [-0.3, -0.25) is 14.4 Å². The van der Waals surface area contributed by atoms with E-state index in [9.17, 15) is 24.3 Å². The molecule has 1 heterocycles. The van der Waals surface area contributed by atoms with Crippen LogP contribution in [0.15, 0.2) is 54.6 Å². The highest BCUT2D eigenvalue weighted by atomic mass is 16.4. The van der Waals surface area contributed by atoms with Crippen LogP contribution in [-0.2, 0) is 27.5 Å². The van der Waals surface area contributed by atoms with E-state index in [2.05, 4.69) is 5.32 Å². The van der Waals surface area contributed by atoms with Crippen LogP contribution >= 0.6 is 0 Å². The second-order valence-corrected chi connectivity index (χ2v) is 8.99. The molecule has 0 radical (unpaired) electrons. The van der Waals surface area contributed by atoms with Crippen LogP contribution in [0.4, 0.5) is 4.79 Å². The highest BCUT2D eigenvalue weighted by Gasteiger charge is 2.39. The minimum absolute atomic E-state index is 0.0542. The molecule has 1 unspecified atom stereocenters. The number of nitrogens with one attached hydrogen (secondary N) is 1. The first-order chi connectivity index (χ1) is 17.2. The van der Waals surface area contributed by atoms with Gasteiger partial charge in [-0.25, -0.2) is 14.8 Å². The third-order valence-corrected chi connectivity index (χ3v) is 6.11. The molecule has 10 nitrogen and oxygen atoms in total. The van der Waals surface area contributed by atoms with Crippen LogP contribution in [-0.4, -0.2) is 82.1 Å². The molecule has 0 aromatic heterocycles. The number of hydrazine groups is 1. The Morgan fingerprint density at radius 2 is 1.72 bits per heavy atom. The smallest absolute Gasteiger partial charge is 0.333 e. The third-order valence-electron chi connectivity index (χ3n) is 6.11. The van der Waals surface area contributed by atoms with Gasteiger partial charge in [0.05, 0.1) is 6.54 Å².